The maximum atomic E-state index is 5.61. The molecule has 0 saturated carbocycles. The van der Waals surface area contributed by atoms with Gasteiger partial charge in [-0.05, 0) is 39.7 Å². The molecule has 0 aromatic carbocycles. The summed E-state index contributed by atoms with van der Waals surface area (Å²) in [6.07, 6.45) is 3.13. The van der Waals surface area contributed by atoms with Crippen LogP contribution in [0.4, 0.5) is 0 Å². The largest absolute Gasteiger partial charge is 0.381 e. The summed E-state index contributed by atoms with van der Waals surface area (Å²) >= 11 is 0. The Morgan fingerprint density at radius 3 is 2.31 bits per heavy atom. The predicted molar refractivity (Wildman–Crippen MR) is 73.6 cm³/mol. The molecular formula is C13H29O2Si. The second kappa shape index (κ2) is 7.46. The second-order valence-corrected chi connectivity index (χ2v) is 11.7. The van der Waals surface area contributed by atoms with Gasteiger partial charge < -0.3 is 9.47 Å². The van der Waals surface area contributed by atoms with Crippen molar-refractivity contribution in [3.63, 3.8) is 0 Å². The van der Waals surface area contributed by atoms with Gasteiger partial charge in [-0.15, -0.1) is 0 Å². The third-order valence-corrected chi connectivity index (χ3v) is 4.11. The van der Waals surface area contributed by atoms with Crippen LogP contribution in [0.5, 0.6) is 0 Å². The van der Waals surface area contributed by atoms with Gasteiger partial charge in [0.2, 0.25) is 0 Å². The molecule has 0 fully saturated rings. The van der Waals surface area contributed by atoms with Gasteiger partial charge in [-0.3, -0.25) is 0 Å². The van der Waals surface area contributed by atoms with Crippen molar-refractivity contribution in [2.45, 2.75) is 58.5 Å². The summed E-state index contributed by atoms with van der Waals surface area (Å²) in [5.74, 6) is 0. The van der Waals surface area contributed by atoms with Crippen molar-refractivity contribution >= 4 is 8.07 Å². The number of hydrogen-bond acceptors (Lipinski definition) is 2. The maximum absolute atomic E-state index is 5.61. The molecule has 0 spiro atoms. The van der Waals surface area contributed by atoms with Crippen molar-refractivity contribution in [3.8, 4) is 0 Å². The van der Waals surface area contributed by atoms with Crippen LogP contribution in [0.25, 0.3) is 0 Å². The summed E-state index contributed by atoms with van der Waals surface area (Å²) in [5, 5.41) is 0. The van der Waals surface area contributed by atoms with E-state index in [9.17, 15) is 0 Å². The van der Waals surface area contributed by atoms with Gasteiger partial charge in [0, 0.05) is 27.9 Å². The predicted octanol–water partition coefficient (Wildman–Crippen LogP) is 3.75. The molecule has 0 unspecified atom stereocenters. The van der Waals surface area contributed by atoms with Gasteiger partial charge >= 0.3 is 0 Å². The average molecular weight is 245 g/mol. The first kappa shape index (κ1) is 16.1. The van der Waals surface area contributed by atoms with E-state index in [0.717, 1.165) is 26.2 Å². The van der Waals surface area contributed by atoms with E-state index in [0.29, 0.717) is 0 Å². The monoisotopic (exact) mass is 245 g/mol. The number of rotatable bonds is 9. The van der Waals surface area contributed by atoms with Crippen LogP contribution in [-0.4, -0.2) is 33.5 Å². The van der Waals surface area contributed by atoms with Crippen LogP contribution < -0.4 is 0 Å². The fourth-order valence-electron chi connectivity index (χ4n) is 1.40. The smallest absolute Gasteiger partial charge is 0.0630 e. The van der Waals surface area contributed by atoms with Gasteiger partial charge in [-0.25, -0.2) is 0 Å². The minimum Gasteiger partial charge on any atom is -0.381 e. The van der Waals surface area contributed by atoms with E-state index in [1.807, 2.05) is 6.92 Å². The lowest BCUT2D eigenvalue weighted by molar-refractivity contribution is -0.0128. The van der Waals surface area contributed by atoms with Crippen LogP contribution >= 0.6 is 0 Å². The Kier molecular flexibility index (Phi) is 7.52. The van der Waals surface area contributed by atoms with Crippen molar-refractivity contribution in [2.75, 3.05) is 19.8 Å². The van der Waals surface area contributed by atoms with Crippen LogP contribution in [0, 0.1) is 6.42 Å². The molecule has 0 rings (SSSR count). The molecule has 2 nitrogen and oxygen atoms in total. The number of ether oxygens (including phenoxy) is 2. The highest BCUT2D eigenvalue weighted by atomic mass is 28.3. The lowest BCUT2D eigenvalue weighted by atomic mass is 10.0. The zero-order valence-electron chi connectivity index (χ0n) is 11.9. The third kappa shape index (κ3) is 10.6. The van der Waals surface area contributed by atoms with Crippen LogP contribution in [0.2, 0.25) is 25.7 Å². The molecule has 0 aromatic rings. The van der Waals surface area contributed by atoms with E-state index < -0.39 is 8.07 Å². The van der Waals surface area contributed by atoms with Crippen LogP contribution in [0.3, 0.4) is 0 Å². The highest BCUT2D eigenvalue weighted by Gasteiger charge is 2.17. The van der Waals surface area contributed by atoms with E-state index in [1.165, 1.54) is 6.04 Å². The Hall–Kier alpha value is 0.137. The zero-order valence-corrected chi connectivity index (χ0v) is 12.9. The first-order valence-corrected chi connectivity index (χ1v) is 10.0. The molecule has 0 bridgehead atoms. The zero-order chi connectivity index (χ0) is 12.7. The van der Waals surface area contributed by atoms with E-state index in [-0.39, 0.29) is 5.60 Å². The highest BCUT2D eigenvalue weighted by molar-refractivity contribution is 6.76. The summed E-state index contributed by atoms with van der Waals surface area (Å²) in [7, 11) is -0.930. The lowest BCUT2D eigenvalue weighted by Gasteiger charge is -2.24. The van der Waals surface area contributed by atoms with Crippen LogP contribution in [0.1, 0.15) is 27.2 Å². The highest BCUT2D eigenvalue weighted by Crippen LogP contribution is 2.16. The number of hydrogen-bond donors (Lipinski definition) is 0. The van der Waals surface area contributed by atoms with Crippen molar-refractivity contribution in [3.05, 3.63) is 6.42 Å². The summed E-state index contributed by atoms with van der Waals surface area (Å²) in [6.45, 7) is 15.8. The summed E-state index contributed by atoms with van der Waals surface area (Å²) in [5.41, 5.74) is -0.0448. The van der Waals surface area contributed by atoms with Gasteiger partial charge in [0.25, 0.3) is 0 Å². The minimum atomic E-state index is -0.930. The molecule has 0 aliphatic carbocycles. The first-order chi connectivity index (χ1) is 7.27. The average Bonchev–Trinajstić information content (AvgIpc) is 2.09. The fraction of sp³-hybridized carbons (Fsp3) is 0.923. The molecule has 0 aromatic heterocycles. The molecule has 0 aliphatic rings. The molecule has 3 heteroatoms. The Balaban J connectivity index is 3.40. The minimum absolute atomic E-state index is 0.0448. The fourth-order valence-corrected chi connectivity index (χ4v) is 2.16. The molecule has 0 amide bonds. The normalized spacial score (nSPS) is 13.1. The van der Waals surface area contributed by atoms with Crippen molar-refractivity contribution in [2.24, 2.45) is 0 Å². The van der Waals surface area contributed by atoms with Crippen molar-refractivity contribution in [1.82, 2.24) is 0 Å². The lowest BCUT2D eigenvalue weighted by Crippen LogP contribution is -2.25. The van der Waals surface area contributed by atoms with E-state index in [4.69, 9.17) is 9.47 Å². The second-order valence-electron chi connectivity index (χ2n) is 6.07. The summed E-state index contributed by atoms with van der Waals surface area (Å²) in [4.78, 5) is 0. The topological polar surface area (TPSA) is 18.5 Å². The van der Waals surface area contributed by atoms with Gasteiger partial charge in [0.1, 0.15) is 0 Å². The van der Waals surface area contributed by atoms with Crippen LogP contribution in [0.15, 0.2) is 0 Å². The SMILES string of the molecule is CCOC(C)(C)C[CH]COCC[Si](C)(C)C. The molecule has 1 radical (unpaired) electrons. The van der Waals surface area contributed by atoms with Gasteiger partial charge in [0.15, 0.2) is 0 Å². The quantitative estimate of drug-likeness (QED) is 0.455. The Morgan fingerprint density at radius 1 is 1.19 bits per heavy atom. The van der Waals surface area contributed by atoms with Crippen molar-refractivity contribution in [1.29, 1.82) is 0 Å². The van der Waals surface area contributed by atoms with Gasteiger partial charge in [-0.2, -0.15) is 0 Å². The molecule has 0 N–H and O–H groups in total. The molecule has 0 heterocycles. The molecule has 0 aliphatic heterocycles. The molecular weight excluding hydrogens is 216 g/mol. The van der Waals surface area contributed by atoms with Gasteiger partial charge in [-0.1, -0.05) is 19.6 Å². The standard InChI is InChI=1S/C13H29O2Si/c1-7-15-13(2,3)9-8-10-14-11-12-16(4,5)6/h8H,7,9-12H2,1-6H3. The maximum Gasteiger partial charge on any atom is 0.0630 e. The summed E-state index contributed by atoms with van der Waals surface area (Å²) in [6, 6.07) is 1.25. The van der Waals surface area contributed by atoms with E-state index in [2.05, 4.69) is 39.9 Å². The Bertz CT molecular complexity index is 173. The summed E-state index contributed by atoms with van der Waals surface area (Å²) < 4.78 is 11.2. The van der Waals surface area contributed by atoms with Crippen molar-refractivity contribution < 1.29 is 9.47 Å². The molecule has 0 atom stereocenters. The van der Waals surface area contributed by atoms with Gasteiger partial charge in [0.05, 0.1) is 5.60 Å². The van der Waals surface area contributed by atoms with E-state index in [1.54, 1.807) is 0 Å². The van der Waals surface area contributed by atoms with E-state index >= 15 is 0 Å². The molecule has 16 heavy (non-hydrogen) atoms. The molecule has 97 valence electrons. The molecule has 0 saturated heterocycles. The Morgan fingerprint density at radius 2 is 1.81 bits per heavy atom. The first-order valence-electron chi connectivity index (χ1n) is 6.30. The van der Waals surface area contributed by atoms with Crippen LogP contribution in [-0.2, 0) is 9.47 Å². The Labute approximate surface area is 103 Å². The third-order valence-electron chi connectivity index (χ3n) is 2.40.